The summed E-state index contributed by atoms with van der Waals surface area (Å²) in [5, 5.41) is 2.87. The number of hydrogen-bond donors (Lipinski definition) is 1. The maximum absolute atomic E-state index is 12.7. The average molecular weight is 319 g/mol. The van der Waals surface area contributed by atoms with E-state index < -0.39 is 0 Å². The van der Waals surface area contributed by atoms with Crippen molar-refractivity contribution in [3.05, 3.63) is 24.0 Å². The number of carbonyl (C=O) groups is 2. The summed E-state index contributed by atoms with van der Waals surface area (Å²) < 4.78 is 7.81. The van der Waals surface area contributed by atoms with Gasteiger partial charge in [-0.1, -0.05) is 0 Å². The molecular weight excluding hydrogens is 294 g/mol. The Morgan fingerprint density at radius 2 is 2.00 bits per heavy atom. The van der Waals surface area contributed by atoms with Crippen LogP contribution in [0.15, 0.2) is 18.5 Å². The lowest BCUT2D eigenvalue weighted by Crippen LogP contribution is -2.58. The lowest BCUT2D eigenvalue weighted by Gasteiger charge is -2.43. The number of morpholine rings is 1. The first kappa shape index (κ1) is 16.1. The third-order valence-corrected chi connectivity index (χ3v) is 4.79. The normalized spacial score (nSPS) is 21.3. The van der Waals surface area contributed by atoms with Gasteiger partial charge in [-0.3, -0.25) is 9.59 Å². The number of ether oxygens (including phenoxy) is 1. The van der Waals surface area contributed by atoms with E-state index in [2.05, 4.69) is 30.7 Å². The summed E-state index contributed by atoms with van der Waals surface area (Å²) in [6.45, 7) is 8.34. The van der Waals surface area contributed by atoms with Gasteiger partial charge in [0.2, 0.25) is 5.91 Å². The minimum absolute atomic E-state index is 0.0291. The van der Waals surface area contributed by atoms with Crippen molar-refractivity contribution in [2.75, 3.05) is 26.2 Å². The molecule has 0 saturated carbocycles. The first-order valence-corrected chi connectivity index (χ1v) is 8.18. The van der Waals surface area contributed by atoms with Gasteiger partial charge in [-0.05, 0) is 39.7 Å². The Kier molecular flexibility index (Phi) is 3.96. The molecule has 0 aromatic carbocycles. The molecule has 3 heterocycles. The van der Waals surface area contributed by atoms with Crippen LogP contribution < -0.4 is 5.32 Å². The van der Waals surface area contributed by atoms with Crippen LogP contribution in [0.1, 0.15) is 44.0 Å². The fourth-order valence-corrected chi connectivity index (χ4v) is 3.14. The molecule has 2 aliphatic rings. The molecule has 0 aliphatic carbocycles. The molecule has 0 bridgehead atoms. The van der Waals surface area contributed by atoms with Crippen LogP contribution in [0.5, 0.6) is 0 Å². The van der Waals surface area contributed by atoms with Gasteiger partial charge in [0.25, 0.3) is 5.91 Å². The molecule has 6 nitrogen and oxygen atoms in total. The van der Waals surface area contributed by atoms with E-state index in [1.165, 1.54) is 0 Å². The summed E-state index contributed by atoms with van der Waals surface area (Å²) in [5.41, 5.74) is 0.412. The molecule has 0 unspecified atom stereocenters. The van der Waals surface area contributed by atoms with Crippen molar-refractivity contribution in [2.45, 2.75) is 44.8 Å². The molecule has 126 valence electrons. The Hall–Kier alpha value is -1.82. The van der Waals surface area contributed by atoms with Crippen molar-refractivity contribution in [3.63, 3.8) is 0 Å². The van der Waals surface area contributed by atoms with Gasteiger partial charge < -0.3 is 19.5 Å². The second-order valence-electron chi connectivity index (χ2n) is 7.52. The molecule has 1 aromatic rings. The van der Waals surface area contributed by atoms with Crippen molar-refractivity contribution in [1.29, 1.82) is 0 Å². The van der Waals surface area contributed by atoms with E-state index in [1.54, 1.807) is 0 Å². The van der Waals surface area contributed by atoms with Crippen molar-refractivity contribution < 1.29 is 14.3 Å². The second kappa shape index (κ2) is 5.67. The fraction of sp³-hybridized carbons (Fsp3) is 0.647. The second-order valence-corrected chi connectivity index (χ2v) is 7.52. The first-order valence-electron chi connectivity index (χ1n) is 8.18. The number of nitrogens with zero attached hydrogens (tertiary/aromatic N) is 2. The molecule has 23 heavy (non-hydrogen) atoms. The molecule has 1 N–H and O–H groups in total. The smallest absolute Gasteiger partial charge is 0.255 e. The third-order valence-electron chi connectivity index (χ3n) is 4.79. The summed E-state index contributed by atoms with van der Waals surface area (Å²) in [4.78, 5) is 25.8. The van der Waals surface area contributed by atoms with Crippen molar-refractivity contribution in [2.24, 2.45) is 0 Å². The number of piperidine rings is 1. The molecule has 1 spiro atoms. The molecule has 2 saturated heterocycles. The minimum atomic E-state index is -0.290. The van der Waals surface area contributed by atoms with Gasteiger partial charge in [-0.2, -0.15) is 0 Å². The van der Waals surface area contributed by atoms with Gasteiger partial charge in [0, 0.05) is 37.6 Å². The fourth-order valence-electron chi connectivity index (χ4n) is 3.14. The van der Waals surface area contributed by atoms with E-state index in [1.807, 2.05) is 23.4 Å². The SMILES string of the molecule is CC(C)(C)n1ccc(C(=O)N2CCC3(CC2)CNC(=O)CO3)c1. The van der Waals surface area contributed by atoms with Crippen LogP contribution in [0.2, 0.25) is 0 Å². The van der Waals surface area contributed by atoms with E-state index >= 15 is 0 Å². The number of carbonyl (C=O) groups excluding carboxylic acids is 2. The minimum Gasteiger partial charge on any atom is -0.363 e. The number of nitrogens with one attached hydrogen (secondary N) is 1. The van der Waals surface area contributed by atoms with Crippen LogP contribution in [0, 0.1) is 0 Å². The van der Waals surface area contributed by atoms with Crippen molar-refractivity contribution in [1.82, 2.24) is 14.8 Å². The summed E-state index contributed by atoms with van der Waals surface area (Å²) in [7, 11) is 0. The van der Waals surface area contributed by atoms with Gasteiger partial charge >= 0.3 is 0 Å². The maximum atomic E-state index is 12.7. The van der Waals surface area contributed by atoms with Gasteiger partial charge in [0.1, 0.15) is 6.61 Å². The highest BCUT2D eigenvalue weighted by molar-refractivity contribution is 5.94. The molecule has 6 heteroatoms. The highest BCUT2D eigenvalue weighted by atomic mass is 16.5. The van der Waals surface area contributed by atoms with Crippen LogP contribution in [0.3, 0.4) is 0 Å². The van der Waals surface area contributed by atoms with Crippen LogP contribution in [0.25, 0.3) is 0 Å². The molecule has 2 amide bonds. The lowest BCUT2D eigenvalue weighted by atomic mass is 9.90. The molecule has 0 atom stereocenters. The Balaban J connectivity index is 1.62. The highest BCUT2D eigenvalue weighted by Gasteiger charge is 2.40. The van der Waals surface area contributed by atoms with E-state index in [-0.39, 0.29) is 29.6 Å². The number of aromatic nitrogens is 1. The molecule has 2 fully saturated rings. The zero-order valence-electron chi connectivity index (χ0n) is 14.1. The first-order chi connectivity index (χ1) is 10.8. The van der Waals surface area contributed by atoms with E-state index in [0.717, 1.165) is 18.4 Å². The molecule has 1 aromatic heterocycles. The summed E-state index contributed by atoms with van der Waals surface area (Å²) in [6.07, 6.45) is 5.40. The Morgan fingerprint density at radius 1 is 1.30 bits per heavy atom. The van der Waals surface area contributed by atoms with E-state index in [9.17, 15) is 9.59 Å². The molecule has 0 radical (unpaired) electrons. The van der Waals surface area contributed by atoms with Gasteiger partial charge in [0.05, 0.1) is 11.2 Å². The number of amides is 2. The predicted molar refractivity (Wildman–Crippen MR) is 86.3 cm³/mol. The zero-order valence-corrected chi connectivity index (χ0v) is 14.1. The average Bonchev–Trinajstić information content (AvgIpc) is 3.01. The van der Waals surface area contributed by atoms with E-state index in [4.69, 9.17) is 4.74 Å². The topological polar surface area (TPSA) is 63.6 Å². The quantitative estimate of drug-likeness (QED) is 0.850. The number of hydrogen-bond acceptors (Lipinski definition) is 3. The lowest BCUT2D eigenvalue weighted by molar-refractivity contribution is -0.149. The highest BCUT2D eigenvalue weighted by Crippen LogP contribution is 2.28. The third kappa shape index (κ3) is 3.27. The Morgan fingerprint density at radius 3 is 2.52 bits per heavy atom. The van der Waals surface area contributed by atoms with Gasteiger partial charge in [0.15, 0.2) is 0 Å². The Bertz CT molecular complexity index is 595. The zero-order chi connectivity index (χ0) is 16.7. The van der Waals surface area contributed by atoms with Crippen LogP contribution in [0.4, 0.5) is 0 Å². The predicted octanol–water partition coefficient (Wildman–Crippen LogP) is 1.36. The Labute approximate surface area is 136 Å². The summed E-state index contributed by atoms with van der Waals surface area (Å²) in [6, 6.07) is 1.88. The number of likely N-dealkylation sites (tertiary alicyclic amines) is 1. The van der Waals surface area contributed by atoms with Gasteiger partial charge in [-0.15, -0.1) is 0 Å². The molecular formula is C17H25N3O3. The van der Waals surface area contributed by atoms with E-state index in [0.29, 0.717) is 19.6 Å². The molecule has 2 aliphatic heterocycles. The van der Waals surface area contributed by atoms with Crippen LogP contribution >= 0.6 is 0 Å². The maximum Gasteiger partial charge on any atom is 0.255 e. The monoisotopic (exact) mass is 319 g/mol. The number of rotatable bonds is 1. The van der Waals surface area contributed by atoms with Crippen LogP contribution in [-0.4, -0.2) is 53.1 Å². The van der Waals surface area contributed by atoms with Crippen LogP contribution in [-0.2, 0) is 15.1 Å². The summed E-state index contributed by atoms with van der Waals surface area (Å²) >= 11 is 0. The largest absolute Gasteiger partial charge is 0.363 e. The molecule has 3 rings (SSSR count). The van der Waals surface area contributed by atoms with Crippen molar-refractivity contribution >= 4 is 11.8 Å². The standard InChI is InChI=1S/C17H25N3O3/c1-16(2,3)20-7-4-13(10-20)15(22)19-8-5-17(6-9-19)12-18-14(21)11-23-17/h4,7,10H,5-6,8-9,11-12H2,1-3H3,(H,18,21). The van der Waals surface area contributed by atoms with Crippen molar-refractivity contribution in [3.8, 4) is 0 Å². The summed E-state index contributed by atoms with van der Waals surface area (Å²) in [5.74, 6) is 0.0142. The van der Waals surface area contributed by atoms with Gasteiger partial charge in [-0.25, -0.2) is 0 Å².